The van der Waals surface area contributed by atoms with E-state index in [0.29, 0.717) is 25.9 Å². The van der Waals surface area contributed by atoms with Crippen LogP contribution in [0, 0.1) is 0 Å². The average Bonchev–Trinajstić information content (AvgIpc) is 2.30. The van der Waals surface area contributed by atoms with Crippen LogP contribution in [0.5, 0.6) is 0 Å². The molecule has 0 bridgehead atoms. The molecule has 0 aromatic heterocycles. The standard InChI is InChI=1S/C12H22F3NO3/c1-11(16,10(17)18-2)6-3-4-8-19-9-5-7-12(13,14)15/h3-9,16H2,1-2H3. The lowest BCUT2D eigenvalue weighted by Gasteiger charge is -2.21. The van der Waals surface area contributed by atoms with Crippen molar-refractivity contribution < 1.29 is 27.4 Å². The van der Waals surface area contributed by atoms with Gasteiger partial charge in [0.1, 0.15) is 5.54 Å². The van der Waals surface area contributed by atoms with E-state index in [1.807, 2.05) is 0 Å². The van der Waals surface area contributed by atoms with E-state index in [1.165, 1.54) is 7.11 Å². The van der Waals surface area contributed by atoms with Gasteiger partial charge >= 0.3 is 12.1 Å². The highest BCUT2D eigenvalue weighted by Crippen LogP contribution is 2.21. The molecule has 0 aliphatic rings. The number of carbonyl (C=O) groups excluding carboxylic acids is 1. The van der Waals surface area contributed by atoms with Crippen molar-refractivity contribution in [3.63, 3.8) is 0 Å². The molecule has 0 amide bonds. The molecule has 1 atom stereocenters. The van der Waals surface area contributed by atoms with Crippen LogP contribution in [0.4, 0.5) is 13.2 Å². The zero-order chi connectivity index (χ0) is 14.9. The summed E-state index contributed by atoms with van der Waals surface area (Å²) in [6, 6.07) is 0. The van der Waals surface area contributed by atoms with E-state index in [0.717, 1.165) is 0 Å². The minimum absolute atomic E-state index is 0.0275. The fraction of sp³-hybridized carbons (Fsp3) is 0.917. The summed E-state index contributed by atoms with van der Waals surface area (Å²) in [6.07, 6.45) is -3.22. The third kappa shape index (κ3) is 9.72. The Morgan fingerprint density at radius 3 is 2.21 bits per heavy atom. The Balaban J connectivity index is 3.48. The largest absolute Gasteiger partial charge is 0.468 e. The first-order chi connectivity index (χ1) is 8.69. The highest BCUT2D eigenvalue weighted by Gasteiger charge is 2.28. The number of hydrogen-bond acceptors (Lipinski definition) is 4. The van der Waals surface area contributed by atoms with Crippen LogP contribution >= 0.6 is 0 Å². The maximum absolute atomic E-state index is 11.8. The number of alkyl halides is 3. The highest BCUT2D eigenvalue weighted by molar-refractivity contribution is 5.79. The molecule has 1 unspecified atom stereocenters. The fourth-order valence-electron chi connectivity index (χ4n) is 1.51. The summed E-state index contributed by atoms with van der Waals surface area (Å²) in [5.74, 6) is -0.474. The summed E-state index contributed by atoms with van der Waals surface area (Å²) in [6.45, 7) is 2.05. The molecule has 2 N–H and O–H groups in total. The van der Waals surface area contributed by atoms with Crippen LogP contribution < -0.4 is 5.73 Å². The van der Waals surface area contributed by atoms with Gasteiger partial charge in [0, 0.05) is 19.6 Å². The molecule has 114 valence electrons. The lowest BCUT2D eigenvalue weighted by molar-refractivity contribution is -0.146. The van der Waals surface area contributed by atoms with Crippen molar-refractivity contribution >= 4 is 5.97 Å². The lowest BCUT2D eigenvalue weighted by atomic mass is 9.96. The molecule has 0 spiro atoms. The zero-order valence-corrected chi connectivity index (χ0v) is 11.4. The van der Waals surface area contributed by atoms with Crippen LogP contribution in [-0.4, -0.2) is 38.0 Å². The molecule has 0 fully saturated rings. The Labute approximate surface area is 111 Å². The molecule has 0 aromatic rings. The van der Waals surface area contributed by atoms with Gasteiger partial charge in [0.25, 0.3) is 0 Å². The molecule has 0 radical (unpaired) electrons. The molecule has 0 aliphatic carbocycles. The first kappa shape index (κ1) is 18.2. The van der Waals surface area contributed by atoms with Crippen molar-refractivity contribution in [2.75, 3.05) is 20.3 Å². The van der Waals surface area contributed by atoms with Gasteiger partial charge in [0.15, 0.2) is 0 Å². The molecule has 0 heterocycles. The second kappa shape index (κ2) is 8.37. The molecule has 0 aliphatic heterocycles. The molecule has 7 heteroatoms. The van der Waals surface area contributed by atoms with E-state index in [2.05, 4.69) is 4.74 Å². The van der Waals surface area contributed by atoms with E-state index in [9.17, 15) is 18.0 Å². The van der Waals surface area contributed by atoms with E-state index in [-0.39, 0.29) is 13.0 Å². The quantitative estimate of drug-likeness (QED) is 0.522. The summed E-state index contributed by atoms with van der Waals surface area (Å²) in [5.41, 5.74) is 4.72. The third-order valence-corrected chi connectivity index (χ3v) is 2.64. The van der Waals surface area contributed by atoms with Crippen LogP contribution in [0.3, 0.4) is 0 Å². The minimum Gasteiger partial charge on any atom is -0.468 e. The summed E-state index contributed by atoms with van der Waals surface area (Å²) < 4.78 is 45.1. The molecule has 0 saturated heterocycles. The number of rotatable bonds is 9. The number of unbranched alkanes of at least 4 members (excludes halogenated alkanes) is 1. The normalized spacial score (nSPS) is 15.1. The van der Waals surface area contributed by atoms with Crippen molar-refractivity contribution in [3.05, 3.63) is 0 Å². The van der Waals surface area contributed by atoms with E-state index in [1.54, 1.807) is 6.92 Å². The molecule has 19 heavy (non-hydrogen) atoms. The summed E-state index contributed by atoms with van der Waals surface area (Å²) in [7, 11) is 1.28. The number of nitrogens with two attached hydrogens (primary N) is 1. The first-order valence-corrected chi connectivity index (χ1v) is 6.21. The Morgan fingerprint density at radius 1 is 1.11 bits per heavy atom. The number of esters is 1. The first-order valence-electron chi connectivity index (χ1n) is 6.21. The zero-order valence-electron chi connectivity index (χ0n) is 11.4. The summed E-state index contributed by atoms with van der Waals surface area (Å²) in [4.78, 5) is 11.2. The fourth-order valence-corrected chi connectivity index (χ4v) is 1.51. The molecular weight excluding hydrogens is 263 g/mol. The van der Waals surface area contributed by atoms with Crippen LogP contribution in [0.15, 0.2) is 0 Å². The van der Waals surface area contributed by atoms with Crippen LogP contribution in [-0.2, 0) is 14.3 Å². The van der Waals surface area contributed by atoms with E-state index < -0.39 is 24.1 Å². The number of methoxy groups -OCH3 is 1. The minimum atomic E-state index is -4.12. The monoisotopic (exact) mass is 285 g/mol. The Kier molecular flexibility index (Phi) is 8.01. The molecule has 0 rings (SSSR count). The van der Waals surface area contributed by atoms with Crippen molar-refractivity contribution in [3.8, 4) is 0 Å². The number of ether oxygens (including phenoxy) is 2. The van der Waals surface area contributed by atoms with Gasteiger partial charge in [-0.25, -0.2) is 0 Å². The Bertz CT molecular complexity index is 267. The number of hydrogen-bond donors (Lipinski definition) is 1. The van der Waals surface area contributed by atoms with Gasteiger partial charge in [-0.05, 0) is 32.6 Å². The molecule has 0 aromatic carbocycles. The second-order valence-electron chi connectivity index (χ2n) is 4.70. The number of carbonyl (C=O) groups is 1. The van der Waals surface area contributed by atoms with E-state index in [4.69, 9.17) is 10.5 Å². The predicted octanol–water partition coefficient (Wildman–Crippen LogP) is 2.41. The lowest BCUT2D eigenvalue weighted by Crippen LogP contribution is -2.45. The van der Waals surface area contributed by atoms with Crippen molar-refractivity contribution in [2.24, 2.45) is 5.73 Å². The maximum atomic E-state index is 11.8. The predicted molar refractivity (Wildman–Crippen MR) is 64.6 cm³/mol. The van der Waals surface area contributed by atoms with Crippen molar-refractivity contribution in [1.82, 2.24) is 0 Å². The Hall–Kier alpha value is -0.820. The Morgan fingerprint density at radius 2 is 1.68 bits per heavy atom. The van der Waals surface area contributed by atoms with Gasteiger partial charge in [-0.2, -0.15) is 13.2 Å². The van der Waals surface area contributed by atoms with Crippen molar-refractivity contribution in [2.45, 2.75) is 50.7 Å². The molecule has 0 saturated carbocycles. The smallest absolute Gasteiger partial charge is 0.389 e. The molecule has 4 nitrogen and oxygen atoms in total. The van der Waals surface area contributed by atoms with Gasteiger partial charge in [0.05, 0.1) is 7.11 Å². The summed E-state index contributed by atoms with van der Waals surface area (Å²) >= 11 is 0. The number of halogens is 3. The van der Waals surface area contributed by atoms with Crippen LogP contribution in [0.1, 0.15) is 39.0 Å². The van der Waals surface area contributed by atoms with E-state index >= 15 is 0 Å². The third-order valence-electron chi connectivity index (χ3n) is 2.64. The van der Waals surface area contributed by atoms with Gasteiger partial charge in [-0.15, -0.1) is 0 Å². The second-order valence-corrected chi connectivity index (χ2v) is 4.70. The van der Waals surface area contributed by atoms with Crippen LogP contribution in [0.2, 0.25) is 0 Å². The summed E-state index contributed by atoms with van der Waals surface area (Å²) in [5, 5.41) is 0. The average molecular weight is 285 g/mol. The van der Waals surface area contributed by atoms with Gasteiger partial charge in [-0.1, -0.05) is 0 Å². The van der Waals surface area contributed by atoms with Crippen LogP contribution in [0.25, 0.3) is 0 Å². The van der Waals surface area contributed by atoms with Gasteiger partial charge in [-0.3, -0.25) is 4.79 Å². The molecular formula is C12H22F3NO3. The highest BCUT2D eigenvalue weighted by atomic mass is 19.4. The van der Waals surface area contributed by atoms with Gasteiger partial charge < -0.3 is 15.2 Å². The van der Waals surface area contributed by atoms with Gasteiger partial charge in [0.2, 0.25) is 0 Å². The topological polar surface area (TPSA) is 61.5 Å². The van der Waals surface area contributed by atoms with Crippen molar-refractivity contribution in [1.29, 1.82) is 0 Å². The SMILES string of the molecule is COC(=O)C(C)(N)CCCCOCCCC(F)(F)F. The maximum Gasteiger partial charge on any atom is 0.389 e.